The summed E-state index contributed by atoms with van der Waals surface area (Å²) in [5.41, 5.74) is 0.549. The van der Waals surface area contributed by atoms with E-state index in [2.05, 4.69) is 6.92 Å². The van der Waals surface area contributed by atoms with Gasteiger partial charge in [0.05, 0.1) is 4.90 Å². The van der Waals surface area contributed by atoms with Crippen LogP contribution in [0.3, 0.4) is 0 Å². The first-order valence-corrected chi connectivity index (χ1v) is 9.23. The van der Waals surface area contributed by atoms with E-state index in [-0.39, 0.29) is 10.8 Å². The van der Waals surface area contributed by atoms with Crippen LogP contribution in [0.25, 0.3) is 0 Å². The summed E-state index contributed by atoms with van der Waals surface area (Å²) in [6.45, 7) is 8.18. The number of sulfonamides is 1. The number of carbonyl (C=O) groups is 1. The highest BCUT2D eigenvalue weighted by molar-refractivity contribution is 7.89. The predicted molar refractivity (Wildman–Crippen MR) is 86.2 cm³/mol. The van der Waals surface area contributed by atoms with Crippen LogP contribution < -0.4 is 0 Å². The van der Waals surface area contributed by atoms with E-state index in [4.69, 9.17) is 0 Å². The van der Waals surface area contributed by atoms with E-state index in [0.29, 0.717) is 24.6 Å². The van der Waals surface area contributed by atoms with Crippen molar-refractivity contribution in [1.29, 1.82) is 0 Å². The molecule has 0 saturated carbocycles. The van der Waals surface area contributed by atoms with Gasteiger partial charge in [0.2, 0.25) is 10.0 Å². The summed E-state index contributed by atoms with van der Waals surface area (Å²) in [7, 11) is -3.46. The lowest BCUT2D eigenvalue weighted by atomic mass is 10.2. The van der Waals surface area contributed by atoms with Crippen LogP contribution in [-0.4, -0.2) is 49.7 Å². The van der Waals surface area contributed by atoms with Gasteiger partial charge < -0.3 is 4.90 Å². The van der Waals surface area contributed by atoms with Crippen molar-refractivity contribution in [3.8, 4) is 0 Å². The molecule has 22 heavy (non-hydrogen) atoms. The highest BCUT2D eigenvalue weighted by atomic mass is 32.2. The Morgan fingerprint density at radius 2 is 1.82 bits per heavy atom. The second-order valence-corrected chi connectivity index (χ2v) is 7.70. The van der Waals surface area contributed by atoms with Crippen molar-refractivity contribution in [2.45, 2.75) is 32.1 Å². The van der Waals surface area contributed by atoms with E-state index in [1.807, 2.05) is 18.7 Å². The van der Waals surface area contributed by atoms with Crippen molar-refractivity contribution in [2.24, 2.45) is 5.92 Å². The van der Waals surface area contributed by atoms with Crippen LogP contribution in [0.2, 0.25) is 0 Å². The van der Waals surface area contributed by atoms with Crippen molar-refractivity contribution in [2.75, 3.05) is 26.2 Å². The highest BCUT2D eigenvalue weighted by Gasteiger charge is 2.25. The molecule has 1 saturated heterocycles. The second kappa shape index (κ2) is 6.79. The lowest BCUT2D eigenvalue weighted by molar-refractivity contribution is 0.0788. The summed E-state index contributed by atoms with van der Waals surface area (Å²) < 4.78 is 26.2. The summed E-state index contributed by atoms with van der Waals surface area (Å²) >= 11 is 0. The minimum absolute atomic E-state index is 0.0175. The molecule has 1 aliphatic rings. The molecule has 1 aliphatic heterocycles. The second-order valence-electron chi connectivity index (χ2n) is 5.76. The van der Waals surface area contributed by atoms with E-state index in [0.717, 1.165) is 19.5 Å². The molecule has 0 radical (unpaired) electrons. The monoisotopic (exact) mass is 324 g/mol. The Labute approximate surface area is 133 Å². The summed E-state index contributed by atoms with van der Waals surface area (Å²) in [6.07, 6.45) is 1.03. The Kier molecular flexibility index (Phi) is 5.24. The third-order valence-electron chi connectivity index (χ3n) is 4.16. The molecule has 1 amide bonds. The number of likely N-dealkylation sites (tertiary alicyclic amines) is 1. The van der Waals surface area contributed by atoms with Crippen LogP contribution in [0.4, 0.5) is 0 Å². The predicted octanol–water partition coefficient (Wildman–Crippen LogP) is 2.20. The molecule has 6 heteroatoms. The van der Waals surface area contributed by atoms with Gasteiger partial charge in [-0.2, -0.15) is 4.31 Å². The molecule has 1 aromatic carbocycles. The van der Waals surface area contributed by atoms with Gasteiger partial charge in [0.25, 0.3) is 5.91 Å². The molecule has 1 heterocycles. The number of hydrogen-bond donors (Lipinski definition) is 0. The van der Waals surface area contributed by atoms with Crippen LogP contribution in [0.1, 0.15) is 37.6 Å². The molecule has 0 N–H and O–H groups in total. The summed E-state index contributed by atoms with van der Waals surface area (Å²) in [5.74, 6) is 0.516. The minimum Gasteiger partial charge on any atom is -0.338 e. The van der Waals surface area contributed by atoms with Crippen LogP contribution in [0.5, 0.6) is 0 Å². The van der Waals surface area contributed by atoms with E-state index < -0.39 is 10.0 Å². The summed E-state index contributed by atoms with van der Waals surface area (Å²) in [4.78, 5) is 14.4. The Morgan fingerprint density at radius 1 is 1.23 bits per heavy atom. The molecule has 1 unspecified atom stereocenters. The van der Waals surface area contributed by atoms with E-state index in [1.54, 1.807) is 12.1 Å². The Morgan fingerprint density at radius 3 is 2.27 bits per heavy atom. The maximum atomic E-state index is 12.4. The van der Waals surface area contributed by atoms with Gasteiger partial charge in [-0.15, -0.1) is 0 Å². The van der Waals surface area contributed by atoms with Gasteiger partial charge in [-0.1, -0.05) is 20.8 Å². The first kappa shape index (κ1) is 17.0. The fourth-order valence-corrected chi connectivity index (χ4v) is 4.24. The molecule has 0 bridgehead atoms. The smallest absolute Gasteiger partial charge is 0.253 e. The molecule has 1 atom stereocenters. The Balaban J connectivity index is 2.18. The normalized spacial score (nSPS) is 18.9. The van der Waals surface area contributed by atoms with Crippen LogP contribution in [0.15, 0.2) is 29.2 Å². The molecule has 5 nitrogen and oxygen atoms in total. The largest absolute Gasteiger partial charge is 0.338 e. The van der Waals surface area contributed by atoms with Crippen molar-refractivity contribution >= 4 is 15.9 Å². The molecular weight excluding hydrogens is 300 g/mol. The molecule has 2 rings (SSSR count). The summed E-state index contributed by atoms with van der Waals surface area (Å²) in [6, 6.07) is 6.28. The first-order chi connectivity index (χ1) is 10.4. The fraction of sp³-hybridized carbons (Fsp3) is 0.562. The minimum atomic E-state index is -3.46. The quantitative estimate of drug-likeness (QED) is 0.834. The molecule has 1 fully saturated rings. The average Bonchev–Trinajstić information content (AvgIpc) is 2.94. The van der Waals surface area contributed by atoms with Gasteiger partial charge >= 0.3 is 0 Å². The van der Waals surface area contributed by atoms with Gasteiger partial charge in [0.1, 0.15) is 0 Å². The van der Waals surface area contributed by atoms with Crippen LogP contribution in [0, 0.1) is 5.92 Å². The SMILES string of the molecule is CCN(CC)S(=O)(=O)c1ccc(C(=O)N2CCC(C)C2)cc1. The highest BCUT2D eigenvalue weighted by Crippen LogP contribution is 2.20. The van der Waals surface area contributed by atoms with Crippen LogP contribution >= 0.6 is 0 Å². The maximum Gasteiger partial charge on any atom is 0.253 e. The number of nitrogens with zero attached hydrogens (tertiary/aromatic N) is 2. The van der Waals surface area contributed by atoms with Gasteiger partial charge in [-0.3, -0.25) is 4.79 Å². The molecule has 0 aliphatic carbocycles. The standard InChI is InChI=1S/C16H24N2O3S/c1-4-18(5-2)22(20,21)15-8-6-14(7-9-15)16(19)17-11-10-13(3)12-17/h6-9,13H,4-5,10-12H2,1-3H3. The fourth-order valence-electron chi connectivity index (χ4n) is 2.78. The molecule has 0 spiro atoms. The van der Waals surface area contributed by atoms with E-state index >= 15 is 0 Å². The van der Waals surface area contributed by atoms with Gasteiger partial charge in [0, 0.05) is 31.7 Å². The number of amides is 1. The summed E-state index contributed by atoms with van der Waals surface area (Å²) in [5, 5.41) is 0. The zero-order valence-electron chi connectivity index (χ0n) is 13.4. The number of benzene rings is 1. The van der Waals surface area contributed by atoms with E-state index in [9.17, 15) is 13.2 Å². The topological polar surface area (TPSA) is 57.7 Å². The lowest BCUT2D eigenvalue weighted by Crippen LogP contribution is -2.31. The Bertz CT molecular complexity index is 621. The molecule has 122 valence electrons. The van der Waals surface area contributed by atoms with Crippen molar-refractivity contribution in [1.82, 2.24) is 9.21 Å². The third-order valence-corrected chi connectivity index (χ3v) is 6.22. The van der Waals surface area contributed by atoms with Crippen molar-refractivity contribution in [3.63, 3.8) is 0 Å². The third kappa shape index (κ3) is 3.33. The lowest BCUT2D eigenvalue weighted by Gasteiger charge is -2.19. The number of hydrogen-bond acceptors (Lipinski definition) is 3. The van der Waals surface area contributed by atoms with E-state index in [1.165, 1.54) is 16.4 Å². The number of carbonyl (C=O) groups excluding carboxylic acids is 1. The van der Waals surface area contributed by atoms with Crippen molar-refractivity contribution < 1.29 is 13.2 Å². The zero-order valence-corrected chi connectivity index (χ0v) is 14.3. The first-order valence-electron chi connectivity index (χ1n) is 7.79. The molecular formula is C16H24N2O3S. The van der Waals surface area contributed by atoms with Gasteiger partial charge in [-0.25, -0.2) is 8.42 Å². The average molecular weight is 324 g/mol. The zero-order chi connectivity index (χ0) is 16.3. The molecule has 0 aromatic heterocycles. The maximum absolute atomic E-state index is 12.4. The number of rotatable bonds is 5. The Hall–Kier alpha value is -1.40. The van der Waals surface area contributed by atoms with Crippen molar-refractivity contribution in [3.05, 3.63) is 29.8 Å². The molecule has 1 aromatic rings. The van der Waals surface area contributed by atoms with Gasteiger partial charge in [0.15, 0.2) is 0 Å². The van der Waals surface area contributed by atoms with Gasteiger partial charge in [-0.05, 0) is 36.6 Å². The van der Waals surface area contributed by atoms with Crippen LogP contribution in [-0.2, 0) is 10.0 Å².